The topological polar surface area (TPSA) is 50.9 Å². The molecule has 1 aromatic rings. The van der Waals surface area contributed by atoms with Gasteiger partial charge in [0, 0.05) is 11.6 Å². The highest BCUT2D eigenvalue weighted by Gasteiger charge is 2.33. The fourth-order valence-corrected chi connectivity index (χ4v) is 1.77. The van der Waals surface area contributed by atoms with Gasteiger partial charge in [0.2, 0.25) is 0 Å². The van der Waals surface area contributed by atoms with Crippen molar-refractivity contribution in [3.05, 3.63) is 23.4 Å². The van der Waals surface area contributed by atoms with Crippen LogP contribution in [0.25, 0.3) is 0 Å². The van der Waals surface area contributed by atoms with Crippen LogP contribution in [0.2, 0.25) is 0 Å². The van der Waals surface area contributed by atoms with Crippen molar-refractivity contribution in [3.8, 4) is 0 Å². The van der Waals surface area contributed by atoms with Gasteiger partial charge in [-0.3, -0.25) is 0 Å². The molecule has 1 fully saturated rings. The van der Waals surface area contributed by atoms with E-state index in [4.69, 9.17) is 18.0 Å². The Morgan fingerprint density at radius 1 is 1.39 bits per heavy atom. The van der Waals surface area contributed by atoms with E-state index in [0.29, 0.717) is 0 Å². The summed E-state index contributed by atoms with van der Waals surface area (Å²) in [7, 11) is 0. The number of pyridine rings is 1. The van der Waals surface area contributed by atoms with E-state index in [2.05, 4.69) is 10.3 Å². The van der Waals surface area contributed by atoms with Crippen LogP contribution >= 0.6 is 12.2 Å². The molecule has 0 aromatic carbocycles. The molecule has 0 unspecified atom stereocenters. The molecule has 1 aliphatic rings. The Hall–Kier alpha value is -1.37. The van der Waals surface area contributed by atoms with E-state index in [-0.39, 0.29) is 22.4 Å². The molecule has 0 bridgehead atoms. The molecule has 1 heterocycles. The third-order valence-corrected chi connectivity index (χ3v) is 3.09. The lowest BCUT2D eigenvalue weighted by atomic mass is 9.93. The van der Waals surface area contributed by atoms with E-state index in [1.165, 1.54) is 6.07 Å². The quantitative estimate of drug-likeness (QED) is 0.833. The molecule has 0 atom stereocenters. The lowest BCUT2D eigenvalue weighted by Crippen LogP contribution is -2.28. The first-order valence-corrected chi connectivity index (χ1v) is 5.93. The van der Waals surface area contributed by atoms with Gasteiger partial charge in [-0.2, -0.15) is 13.2 Å². The second-order valence-electron chi connectivity index (χ2n) is 4.26. The standard InChI is InChI=1S/C11H12F3N3S/c12-11(13,14)8-4-6(10(15)18)5-9(17-8)16-7-2-1-3-7/h4-5,7H,1-3H2,(H2,15,18)(H,16,17). The number of nitrogens with zero attached hydrogens (tertiary/aromatic N) is 1. The molecule has 1 saturated carbocycles. The third-order valence-electron chi connectivity index (χ3n) is 2.86. The summed E-state index contributed by atoms with van der Waals surface area (Å²) in [6.07, 6.45) is -1.53. The summed E-state index contributed by atoms with van der Waals surface area (Å²) in [6, 6.07) is 2.52. The normalized spacial score (nSPS) is 16.2. The minimum absolute atomic E-state index is 0.0699. The molecule has 1 aliphatic carbocycles. The molecular weight excluding hydrogens is 263 g/mol. The number of thiocarbonyl (C=S) groups is 1. The monoisotopic (exact) mass is 275 g/mol. The second kappa shape index (κ2) is 4.72. The highest BCUT2D eigenvalue weighted by Crippen LogP contribution is 2.30. The predicted molar refractivity (Wildman–Crippen MR) is 66.4 cm³/mol. The van der Waals surface area contributed by atoms with Gasteiger partial charge in [-0.1, -0.05) is 12.2 Å². The van der Waals surface area contributed by atoms with E-state index < -0.39 is 11.9 Å². The van der Waals surface area contributed by atoms with Crippen LogP contribution in [0, 0.1) is 0 Å². The lowest BCUT2D eigenvalue weighted by Gasteiger charge is -2.27. The van der Waals surface area contributed by atoms with Crippen molar-refractivity contribution in [2.75, 3.05) is 5.32 Å². The van der Waals surface area contributed by atoms with Crippen molar-refractivity contribution in [2.45, 2.75) is 31.5 Å². The van der Waals surface area contributed by atoms with E-state index in [1.54, 1.807) is 0 Å². The first-order chi connectivity index (χ1) is 8.36. The Kier molecular flexibility index (Phi) is 3.43. The third kappa shape index (κ3) is 2.90. The number of hydrogen-bond acceptors (Lipinski definition) is 3. The lowest BCUT2D eigenvalue weighted by molar-refractivity contribution is -0.141. The Morgan fingerprint density at radius 3 is 2.50 bits per heavy atom. The fourth-order valence-electron chi connectivity index (χ4n) is 1.65. The number of nitrogens with one attached hydrogen (secondary N) is 1. The average Bonchev–Trinajstić information content (AvgIpc) is 2.22. The number of nitrogens with two attached hydrogens (primary N) is 1. The van der Waals surface area contributed by atoms with Crippen LogP contribution in [0.5, 0.6) is 0 Å². The SMILES string of the molecule is NC(=S)c1cc(NC2CCC2)nc(C(F)(F)F)c1. The minimum Gasteiger partial charge on any atom is -0.389 e. The second-order valence-corrected chi connectivity index (χ2v) is 4.70. The van der Waals surface area contributed by atoms with E-state index >= 15 is 0 Å². The van der Waals surface area contributed by atoms with Crippen molar-refractivity contribution in [2.24, 2.45) is 5.73 Å². The van der Waals surface area contributed by atoms with E-state index in [0.717, 1.165) is 25.3 Å². The zero-order valence-electron chi connectivity index (χ0n) is 9.42. The molecule has 98 valence electrons. The molecule has 0 spiro atoms. The van der Waals surface area contributed by atoms with Gasteiger partial charge in [-0.05, 0) is 31.4 Å². The molecule has 18 heavy (non-hydrogen) atoms. The number of aromatic nitrogens is 1. The van der Waals surface area contributed by atoms with Gasteiger partial charge >= 0.3 is 6.18 Å². The highest BCUT2D eigenvalue weighted by atomic mass is 32.1. The van der Waals surface area contributed by atoms with Crippen LogP contribution < -0.4 is 11.1 Å². The van der Waals surface area contributed by atoms with Crippen molar-refractivity contribution < 1.29 is 13.2 Å². The number of anilines is 1. The number of hydrogen-bond donors (Lipinski definition) is 2. The molecule has 2 rings (SSSR count). The summed E-state index contributed by atoms with van der Waals surface area (Å²) < 4.78 is 38.0. The van der Waals surface area contributed by atoms with E-state index in [1.807, 2.05) is 0 Å². The van der Waals surface area contributed by atoms with Crippen LogP contribution in [0.4, 0.5) is 19.0 Å². The molecule has 0 amide bonds. The maximum Gasteiger partial charge on any atom is 0.433 e. The first-order valence-electron chi connectivity index (χ1n) is 5.52. The Morgan fingerprint density at radius 2 is 2.06 bits per heavy atom. The van der Waals surface area contributed by atoms with Gasteiger partial charge in [0.1, 0.15) is 16.5 Å². The van der Waals surface area contributed by atoms with Crippen LogP contribution in [0.3, 0.4) is 0 Å². The predicted octanol–water partition coefficient (Wildman–Crippen LogP) is 2.70. The molecule has 1 aromatic heterocycles. The van der Waals surface area contributed by atoms with Crippen molar-refractivity contribution in [3.63, 3.8) is 0 Å². The van der Waals surface area contributed by atoms with E-state index in [9.17, 15) is 13.2 Å². The maximum absolute atomic E-state index is 12.7. The van der Waals surface area contributed by atoms with Gasteiger partial charge in [0.05, 0.1) is 0 Å². The Balaban J connectivity index is 2.32. The summed E-state index contributed by atoms with van der Waals surface area (Å²) in [5.74, 6) is 0.178. The van der Waals surface area contributed by atoms with Gasteiger partial charge in [-0.25, -0.2) is 4.98 Å². The summed E-state index contributed by atoms with van der Waals surface area (Å²) in [5.41, 5.74) is 4.58. The van der Waals surface area contributed by atoms with Crippen molar-refractivity contribution in [1.82, 2.24) is 4.98 Å². The van der Waals surface area contributed by atoms with Gasteiger partial charge < -0.3 is 11.1 Å². The first kappa shape index (κ1) is 13.1. The molecule has 0 aliphatic heterocycles. The highest BCUT2D eigenvalue weighted by molar-refractivity contribution is 7.80. The van der Waals surface area contributed by atoms with Crippen molar-refractivity contribution >= 4 is 23.0 Å². The number of rotatable bonds is 3. The van der Waals surface area contributed by atoms with Crippen LogP contribution in [0.15, 0.2) is 12.1 Å². The Bertz CT molecular complexity index is 469. The van der Waals surface area contributed by atoms with Crippen LogP contribution in [0.1, 0.15) is 30.5 Å². The molecule has 7 heteroatoms. The molecular formula is C11H12F3N3S. The minimum atomic E-state index is -4.50. The zero-order chi connectivity index (χ0) is 13.3. The average molecular weight is 275 g/mol. The van der Waals surface area contributed by atoms with Crippen molar-refractivity contribution in [1.29, 1.82) is 0 Å². The molecule has 3 N–H and O–H groups in total. The van der Waals surface area contributed by atoms with Crippen LogP contribution in [-0.4, -0.2) is 16.0 Å². The fraction of sp³-hybridized carbons (Fsp3) is 0.455. The summed E-state index contributed by atoms with van der Waals surface area (Å²) in [5, 5.41) is 2.96. The van der Waals surface area contributed by atoms with Gasteiger partial charge in [0.15, 0.2) is 0 Å². The number of halogens is 3. The Labute approximate surface area is 108 Å². The summed E-state index contributed by atoms with van der Waals surface area (Å²) >= 11 is 4.72. The van der Waals surface area contributed by atoms with Crippen LogP contribution in [-0.2, 0) is 6.18 Å². The molecule has 0 saturated heterocycles. The summed E-state index contributed by atoms with van der Waals surface area (Å²) in [4.78, 5) is 3.49. The van der Waals surface area contributed by atoms with Gasteiger partial charge in [-0.15, -0.1) is 0 Å². The number of alkyl halides is 3. The maximum atomic E-state index is 12.7. The van der Waals surface area contributed by atoms with Gasteiger partial charge in [0.25, 0.3) is 0 Å². The smallest absolute Gasteiger partial charge is 0.389 e. The molecule has 3 nitrogen and oxygen atoms in total. The zero-order valence-corrected chi connectivity index (χ0v) is 10.2. The largest absolute Gasteiger partial charge is 0.433 e. The molecule has 0 radical (unpaired) electrons. The summed E-state index contributed by atoms with van der Waals surface area (Å²) in [6.45, 7) is 0.